The van der Waals surface area contributed by atoms with Gasteiger partial charge in [0.2, 0.25) is 11.5 Å². The summed E-state index contributed by atoms with van der Waals surface area (Å²) in [6, 6.07) is 3.43. The molecule has 150 valence electrons. The van der Waals surface area contributed by atoms with E-state index in [1.807, 2.05) is 6.20 Å². The average molecular weight is 395 g/mol. The number of nitrogens with zero attached hydrogens (tertiary/aromatic N) is 4. The molecule has 2 bridgehead atoms. The number of ether oxygens (including phenoxy) is 3. The van der Waals surface area contributed by atoms with E-state index in [2.05, 4.69) is 22.2 Å². The zero-order valence-corrected chi connectivity index (χ0v) is 16.4. The number of methoxy groups -OCH3 is 2. The van der Waals surface area contributed by atoms with Crippen molar-refractivity contribution in [2.75, 3.05) is 26.1 Å². The highest BCUT2D eigenvalue weighted by molar-refractivity contribution is 6.03. The lowest BCUT2D eigenvalue weighted by atomic mass is 9.62. The lowest BCUT2D eigenvalue weighted by Gasteiger charge is -2.41. The Hall–Kier alpha value is -3.20. The number of amides is 1. The fourth-order valence-corrected chi connectivity index (χ4v) is 4.46. The Kier molecular flexibility index (Phi) is 3.79. The molecule has 5 heterocycles. The number of fused-ring (bicyclic) bond motifs is 2. The number of carbonyl (C=O) groups excluding carboxylic acids is 1. The highest BCUT2D eigenvalue weighted by Gasteiger charge is 2.61. The second-order valence-electron chi connectivity index (χ2n) is 7.88. The Balaban J connectivity index is 1.49. The normalized spacial score (nSPS) is 24.9. The third-order valence-corrected chi connectivity index (χ3v) is 5.71. The van der Waals surface area contributed by atoms with E-state index in [0.717, 1.165) is 18.5 Å². The number of imidazole rings is 1. The van der Waals surface area contributed by atoms with Crippen LogP contribution in [0, 0.1) is 0 Å². The monoisotopic (exact) mass is 395 g/mol. The largest absolute Gasteiger partial charge is 0.480 e. The van der Waals surface area contributed by atoms with Crippen molar-refractivity contribution in [2.45, 2.75) is 30.8 Å². The van der Waals surface area contributed by atoms with E-state index in [9.17, 15) is 4.79 Å². The van der Waals surface area contributed by atoms with Crippen LogP contribution in [0.4, 0.5) is 5.69 Å². The molecule has 6 rings (SSSR count). The molecule has 3 aliphatic rings. The molecule has 3 aromatic heterocycles. The summed E-state index contributed by atoms with van der Waals surface area (Å²) < 4.78 is 18.3. The quantitative estimate of drug-likeness (QED) is 0.707. The van der Waals surface area contributed by atoms with Crippen molar-refractivity contribution in [3.8, 4) is 11.8 Å². The first-order chi connectivity index (χ1) is 14.0. The fraction of sp³-hybridized carbons (Fsp3) is 0.400. The summed E-state index contributed by atoms with van der Waals surface area (Å²) in [6.45, 7) is 2.79. The SMILES string of the molecule is COc1ncccc1NC(=O)c1cn2cc(C34COC(C)(C3)C4)nc2c(OC)n1. The summed E-state index contributed by atoms with van der Waals surface area (Å²) in [4.78, 5) is 26.0. The van der Waals surface area contributed by atoms with E-state index in [1.54, 1.807) is 28.9 Å². The summed E-state index contributed by atoms with van der Waals surface area (Å²) in [5, 5.41) is 2.78. The van der Waals surface area contributed by atoms with Gasteiger partial charge in [-0.25, -0.2) is 15.0 Å². The van der Waals surface area contributed by atoms with Gasteiger partial charge in [0.15, 0.2) is 0 Å². The lowest BCUT2D eigenvalue weighted by molar-refractivity contribution is 0.0154. The number of aromatic nitrogens is 4. The van der Waals surface area contributed by atoms with E-state index in [-0.39, 0.29) is 16.7 Å². The minimum atomic E-state index is -0.398. The van der Waals surface area contributed by atoms with E-state index in [1.165, 1.54) is 14.2 Å². The van der Waals surface area contributed by atoms with E-state index in [0.29, 0.717) is 29.7 Å². The first-order valence-corrected chi connectivity index (χ1v) is 9.34. The maximum Gasteiger partial charge on any atom is 0.276 e. The molecule has 1 N–H and O–H groups in total. The summed E-state index contributed by atoms with van der Waals surface area (Å²) in [5.74, 6) is 0.219. The van der Waals surface area contributed by atoms with Crippen molar-refractivity contribution in [2.24, 2.45) is 0 Å². The van der Waals surface area contributed by atoms with Gasteiger partial charge in [-0.05, 0) is 31.9 Å². The molecule has 0 unspecified atom stereocenters. The summed E-state index contributed by atoms with van der Waals surface area (Å²) in [5.41, 5.74) is 2.08. The van der Waals surface area contributed by atoms with Crippen LogP contribution >= 0.6 is 0 Å². The minimum Gasteiger partial charge on any atom is -0.480 e. The number of pyridine rings is 1. The van der Waals surface area contributed by atoms with Crippen LogP contribution in [0.15, 0.2) is 30.7 Å². The van der Waals surface area contributed by atoms with Crippen molar-refractivity contribution in [3.63, 3.8) is 0 Å². The van der Waals surface area contributed by atoms with Gasteiger partial charge in [-0.1, -0.05) is 0 Å². The summed E-state index contributed by atoms with van der Waals surface area (Å²) >= 11 is 0. The molecular weight excluding hydrogens is 374 g/mol. The van der Waals surface area contributed by atoms with Crippen LogP contribution in [0.5, 0.6) is 11.8 Å². The van der Waals surface area contributed by atoms with Gasteiger partial charge in [-0.2, -0.15) is 0 Å². The third kappa shape index (κ3) is 2.72. The van der Waals surface area contributed by atoms with Gasteiger partial charge >= 0.3 is 0 Å². The van der Waals surface area contributed by atoms with Crippen molar-refractivity contribution >= 4 is 17.2 Å². The molecule has 0 atom stereocenters. The Labute approximate surface area is 167 Å². The minimum absolute atomic E-state index is 0.0358. The van der Waals surface area contributed by atoms with E-state index >= 15 is 0 Å². The lowest BCUT2D eigenvalue weighted by Crippen LogP contribution is -2.45. The average Bonchev–Trinajstić information content (AvgIpc) is 3.38. The standard InChI is InChI=1S/C20H21N5O4/c1-19-9-20(10-19,11-29-19)14-8-25-7-13(23-18(28-3)15(25)24-14)16(26)22-12-5-4-6-21-17(12)27-2/h4-8H,9-11H2,1-3H3,(H,22,26). The Morgan fingerprint density at radius 2 is 2.00 bits per heavy atom. The number of nitrogens with one attached hydrogen (secondary N) is 1. The molecule has 2 aliphatic heterocycles. The van der Waals surface area contributed by atoms with Crippen molar-refractivity contribution < 1.29 is 19.0 Å². The first-order valence-electron chi connectivity index (χ1n) is 9.34. The first kappa shape index (κ1) is 17.9. The number of rotatable bonds is 5. The van der Waals surface area contributed by atoms with Crippen LogP contribution in [0.1, 0.15) is 35.9 Å². The number of hydrogen-bond donors (Lipinski definition) is 1. The van der Waals surface area contributed by atoms with Crippen LogP contribution in [-0.2, 0) is 10.2 Å². The second kappa shape index (κ2) is 6.15. The third-order valence-electron chi connectivity index (χ3n) is 5.71. The molecule has 2 saturated heterocycles. The Morgan fingerprint density at radius 3 is 2.69 bits per heavy atom. The number of hydrogen-bond acceptors (Lipinski definition) is 7. The zero-order chi connectivity index (χ0) is 20.2. The molecule has 29 heavy (non-hydrogen) atoms. The van der Waals surface area contributed by atoms with Crippen LogP contribution < -0.4 is 14.8 Å². The topological polar surface area (TPSA) is 99.9 Å². The molecule has 0 aromatic carbocycles. The second-order valence-corrected chi connectivity index (χ2v) is 7.88. The van der Waals surface area contributed by atoms with Gasteiger partial charge < -0.3 is 19.5 Å². The summed E-state index contributed by atoms with van der Waals surface area (Å²) in [7, 11) is 3.01. The molecule has 3 aromatic rings. The van der Waals surface area contributed by atoms with E-state index < -0.39 is 5.91 Å². The molecule has 0 spiro atoms. The van der Waals surface area contributed by atoms with Gasteiger partial charge in [-0.15, -0.1) is 0 Å². The smallest absolute Gasteiger partial charge is 0.276 e. The van der Waals surface area contributed by atoms with Gasteiger partial charge in [0, 0.05) is 24.0 Å². The maximum atomic E-state index is 12.8. The molecule has 9 heteroatoms. The van der Waals surface area contributed by atoms with Gasteiger partial charge in [-0.3, -0.25) is 9.20 Å². The number of carbonyl (C=O) groups is 1. The zero-order valence-electron chi connectivity index (χ0n) is 16.4. The predicted octanol–water partition coefficient (Wildman–Crippen LogP) is 2.21. The van der Waals surface area contributed by atoms with Crippen molar-refractivity contribution in [1.29, 1.82) is 0 Å². The van der Waals surface area contributed by atoms with Crippen LogP contribution in [0.3, 0.4) is 0 Å². The van der Waals surface area contributed by atoms with Crippen molar-refractivity contribution in [1.82, 2.24) is 19.4 Å². The predicted molar refractivity (Wildman–Crippen MR) is 104 cm³/mol. The molecule has 1 aliphatic carbocycles. The molecule has 9 nitrogen and oxygen atoms in total. The molecular formula is C20H21N5O4. The molecule has 0 radical (unpaired) electrons. The Bertz CT molecular complexity index is 1120. The molecule has 1 saturated carbocycles. The van der Waals surface area contributed by atoms with E-state index in [4.69, 9.17) is 19.2 Å². The van der Waals surface area contributed by atoms with Crippen LogP contribution in [-0.4, -0.2) is 51.7 Å². The fourth-order valence-electron chi connectivity index (χ4n) is 4.46. The maximum absolute atomic E-state index is 12.8. The molecule has 1 amide bonds. The molecule has 3 fully saturated rings. The highest BCUT2D eigenvalue weighted by Crippen LogP contribution is 2.58. The van der Waals surface area contributed by atoms with Gasteiger partial charge in [0.25, 0.3) is 11.8 Å². The van der Waals surface area contributed by atoms with Crippen molar-refractivity contribution in [3.05, 3.63) is 42.1 Å². The summed E-state index contributed by atoms with van der Waals surface area (Å²) in [6.07, 6.45) is 7.08. The van der Waals surface area contributed by atoms with Crippen LogP contribution in [0.2, 0.25) is 0 Å². The number of anilines is 1. The Morgan fingerprint density at radius 1 is 1.21 bits per heavy atom. The van der Waals surface area contributed by atoms with Gasteiger partial charge in [0.05, 0.1) is 32.1 Å². The van der Waals surface area contributed by atoms with Crippen LogP contribution in [0.25, 0.3) is 5.65 Å². The van der Waals surface area contributed by atoms with Gasteiger partial charge in [0.1, 0.15) is 11.4 Å². The highest BCUT2D eigenvalue weighted by atomic mass is 16.5.